The van der Waals surface area contributed by atoms with Crippen molar-refractivity contribution in [3.8, 4) is 0 Å². The van der Waals surface area contributed by atoms with E-state index in [1.54, 1.807) is 0 Å². The maximum absolute atomic E-state index is 12.0. The van der Waals surface area contributed by atoms with Crippen LogP contribution < -0.4 is 0 Å². The summed E-state index contributed by atoms with van der Waals surface area (Å²) in [6.07, 6.45) is 5.67. The summed E-state index contributed by atoms with van der Waals surface area (Å²) in [6.45, 7) is 10.6. The topological polar surface area (TPSA) is 17.1 Å². The van der Waals surface area contributed by atoms with Crippen molar-refractivity contribution in [1.29, 1.82) is 0 Å². The molecule has 16 heavy (non-hydrogen) atoms. The molecule has 90 valence electrons. The Bertz CT molecular complexity index is 313. The summed E-state index contributed by atoms with van der Waals surface area (Å²) in [5, 5.41) is 0. The molecule has 0 aromatic heterocycles. The predicted molar refractivity (Wildman–Crippen MR) is 67.2 cm³/mol. The molecule has 1 nitrogen and oxygen atoms in total. The number of hydrogen-bond donors (Lipinski definition) is 0. The van der Waals surface area contributed by atoms with Gasteiger partial charge < -0.3 is 0 Å². The van der Waals surface area contributed by atoms with E-state index < -0.39 is 0 Å². The molecule has 2 fully saturated rings. The Morgan fingerprint density at radius 1 is 1.31 bits per heavy atom. The first-order valence-electron chi connectivity index (χ1n) is 6.61. The Balaban J connectivity index is 2.13. The predicted octanol–water partition coefficient (Wildman–Crippen LogP) is 3.98. The number of hydrogen-bond acceptors (Lipinski definition) is 1. The van der Waals surface area contributed by atoms with E-state index in [4.69, 9.17) is 0 Å². The van der Waals surface area contributed by atoms with E-state index in [1.807, 2.05) is 0 Å². The second kappa shape index (κ2) is 4.01. The summed E-state index contributed by atoms with van der Waals surface area (Å²) < 4.78 is 0. The highest BCUT2D eigenvalue weighted by atomic mass is 16.1. The van der Waals surface area contributed by atoms with Crippen molar-refractivity contribution in [3.05, 3.63) is 12.2 Å². The molecule has 0 aromatic rings. The fourth-order valence-corrected chi connectivity index (χ4v) is 3.83. The monoisotopic (exact) mass is 220 g/mol. The van der Waals surface area contributed by atoms with Gasteiger partial charge in [-0.3, -0.25) is 4.79 Å². The zero-order valence-electron chi connectivity index (χ0n) is 10.9. The Morgan fingerprint density at radius 2 is 2.00 bits per heavy atom. The molecule has 0 spiro atoms. The van der Waals surface area contributed by atoms with E-state index in [9.17, 15) is 4.79 Å². The maximum Gasteiger partial charge on any atom is 0.138 e. The van der Waals surface area contributed by atoms with Gasteiger partial charge in [-0.05, 0) is 50.4 Å². The molecule has 2 saturated carbocycles. The standard InChI is InChI=1S/C15H24O/c1-10(2)11-5-7-13-12(9-11)6-8-14(16)15(13,3)4/h11-13H,1,5-9H2,2-4H3. The van der Waals surface area contributed by atoms with Crippen LogP contribution in [0.5, 0.6) is 0 Å². The van der Waals surface area contributed by atoms with Crippen molar-refractivity contribution in [3.63, 3.8) is 0 Å². The lowest BCUT2D eigenvalue weighted by Crippen LogP contribution is -2.44. The summed E-state index contributed by atoms with van der Waals surface area (Å²) in [6, 6.07) is 0. The Hall–Kier alpha value is -0.590. The van der Waals surface area contributed by atoms with Gasteiger partial charge in [-0.25, -0.2) is 0 Å². The molecule has 1 heteroatoms. The molecule has 2 aliphatic rings. The van der Waals surface area contributed by atoms with Crippen LogP contribution in [0.3, 0.4) is 0 Å². The van der Waals surface area contributed by atoms with Crippen LogP contribution in [-0.2, 0) is 4.79 Å². The van der Waals surface area contributed by atoms with Crippen molar-refractivity contribution < 1.29 is 4.79 Å². The highest BCUT2D eigenvalue weighted by Crippen LogP contribution is 2.50. The van der Waals surface area contributed by atoms with Crippen LogP contribution in [-0.4, -0.2) is 5.78 Å². The molecule has 0 amide bonds. The smallest absolute Gasteiger partial charge is 0.138 e. The maximum atomic E-state index is 12.0. The molecule has 0 radical (unpaired) electrons. The van der Waals surface area contributed by atoms with Gasteiger partial charge in [0.15, 0.2) is 0 Å². The van der Waals surface area contributed by atoms with E-state index in [2.05, 4.69) is 27.4 Å². The van der Waals surface area contributed by atoms with Gasteiger partial charge in [0.25, 0.3) is 0 Å². The summed E-state index contributed by atoms with van der Waals surface area (Å²) in [7, 11) is 0. The molecule has 0 heterocycles. The number of Topliss-reactive ketones (excluding diaryl/α,β-unsaturated/α-hetero) is 1. The van der Waals surface area contributed by atoms with Crippen LogP contribution in [0.4, 0.5) is 0 Å². The van der Waals surface area contributed by atoms with Crippen LogP contribution in [0.25, 0.3) is 0 Å². The molecule has 2 rings (SSSR count). The van der Waals surface area contributed by atoms with Crippen molar-refractivity contribution in [2.24, 2.45) is 23.2 Å². The number of rotatable bonds is 1. The molecule has 0 saturated heterocycles. The van der Waals surface area contributed by atoms with E-state index >= 15 is 0 Å². The quantitative estimate of drug-likeness (QED) is 0.611. The summed E-state index contributed by atoms with van der Waals surface area (Å²) in [5.74, 6) is 2.60. The van der Waals surface area contributed by atoms with E-state index in [-0.39, 0.29) is 5.41 Å². The molecule has 3 atom stereocenters. The summed E-state index contributed by atoms with van der Waals surface area (Å²) in [4.78, 5) is 12.0. The lowest BCUT2D eigenvalue weighted by atomic mass is 9.56. The third-order valence-corrected chi connectivity index (χ3v) is 5.07. The molecule has 0 bridgehead atoms. The van der Waals surface area contributed by atoms with Gasteiger partial charge in [0.1, 0.15) is 5.78 Å². The molecule has 0 aromatic carbocycles. The molecule has 2 aliphatic carbocycles. The van der Waals surface area contributed by atoms with Gasteiger partial charge in [-0.1, -0.05) is 26.0 Å². The Labute approximate surface area is 99.3 Å². The minimum Gasteiger partial charge on any atom is -0.299 e. The van der Waals surface area contributed by atoms with E-state index in [1.165, 1.54) is 24.8 Å². The average Bonchev–Trinajstić information content (AvgIpc) is 2.23. The Morgan fingerprint density at radius 3 is 2.62 bits per heavy atom. The fourth-order valence-electron chi connectivity index (χ4n) is 3.83. The SMILES string of the molecule is C=C(C)C1CCC2C(CCC(=O)C2(C)C)C1. The van der Waals surface area contributed by atoms with Gasteiger partial charge in [0, 0.05) is 11.8 Å². The minimum absolute atomic E-state index is 0.0665. The zero-order valence-corrected chi connectivity index (χ0v) is 10.9. The van der Waals surface area contributed by atoms with Crippen molar-refractivity contribution in [2.75, 3.05) is 0 Å². The van der Waals surface area contributed by atoms with Crippen LogP contribution in [0.1, 0.15) is 52.9 Å². The van der Waals surface area contributed by atoms with Gasteiger partial charge in [-0.15, -0.1) is 0 Å². The largest absolute Gasteiger partial charge is 0.299 e. The van der Waals surface area contributed by atoms with Crippen molar-refractivity contribution in [1.82, 2.24) is 0 Å². The van der Waals surface area contributed by atoms with Crippen LogP contribution in [0.2, 0.25) is 0 Å². The van der Waals surface area contributed by atoms with E-state index in [0.29, 0.717) is 17.6 Å². The average molecular weight is 220 g/mol. The second-order valence-corrected chi connectivity index (χ2v) is 6.41. The lowest BCUT2D eigenvalue weighted by Gasteiger charge is -2.47. The molecule has 0 N–H and O–H groups in total. The fraction of sp³-hybridized carbons (Fsp3) is 0.800. The van der Waals surface area contributed by atoms with Gasteiger partial charge in [-0.2, -0.15) is 0 Å². The third-order valence-electron chi connectivity index (χ3n) is 5.07. The summed E-state index contributed by atoms with van der Waals surface area (Å²) in [5.41, 5.74) is 1.27. The first-order chi connectivity index (χ1) is 7.43. The lowest BCUT2D eigenvalue weighted by molar-refractivity contribution is -0.137. The number of fused-ring (bicyclic) bond motifs is 1. The van der Waals surface area contributed by atoms with Crippen molar-refractivity contribution >= 4 is 5.78 Å². The Kier molecular flexibility index (Phi) is 2.98. The molecule has 0 aliphatic heterocycles. The normalized spacial score (nSPS) is 37.9. The number of allylic oxidation sites excluding steroid dienone is 1. The highest BCUT2D eigenvalue weighted by molar-refractivity contribution is 5.85. The van der Waals surface area contributed by atoms with Crippen LogP contribution in [0, 0.1) is 23.2 Å². The first-order valence-corrected chi connectivity index (χ1v) is 6.61. The van der Waals surface area contributed by atoms with Crippen LogP contribution in [0.15, 0.2) is 12.2 Å². The number of carbonyl (C=O) groups is 1. The highest BCUT2D eigenvalue weighted by Gasteiger charge is 2.46. The molecular weight excluding hydrogens is 196 g/mol. The van der Waals surface area contributed by atoms with Gasteiger partial charge in [0.05, 0.1) is 0 Å². The second-order valence-electron chi connectivity index (χ2n) is 6.41. The van der Waals surface area contributed by atoms with Crippen molar-refractivity contribution in [2.45, 2.75) is 52.9 Å². The van der Waals surface area contributed by atoms with E-state index in [0.717, 1.165) is 18.8 Å². The minimum atomic E-state index is -0.0665. The first kappa shape index (κ1) is 11.9. The van der Waals surface area contributed by atoms with Gasteiger partial charge in [0.2, 0.25) is 0 Å². The third kappa shape index (κ3) is 1.85. The summed E-state index contributed by atoms with van der Waals surface area (Å²) >= 11 is 0. The number of carbonyl (C=O) groups excluding carboxylic acids is 1. The van der Waals surface area contributed by atoms with Gasteiger partial charge >= 0.3 is 0 Å². The van der Waals surface area contributed by atoms with Crippen LogP contribution >= 0.6 is 0 Å². The molecule has 3 unspecified atom stereocenters. The zero-order chi connectivity index (χ0) is 11.9. The molecular formula is C15H24O. The number of ketones is 1.